The molecular weight excluding hydrogens is 394 g/mol. The second-order valence-electron chi connectivity index (χ2n) is 6.11. The van der Waals surface area contributed by atoms with Gasteiger partial charge in [-0.05, 0) is 23.8 Å². The van der Waals surface area contributed by atoms with Crippen LogP contribution in [0.15, 0.2) is 65.3 Å². The van der Waals surface area contributed by atoms with Crippen molar-refractivity contribution in [3.05, 3.63) is 71.4 Å². The van der Waals surface area contributed by atoms with Crippen molar-refractivity contribution in [1.29, 1.82) is 5.41 Å². The van der Waals surface area contributed by atoms with E-state index < -0.39 is 5.97 Å². The second-order valence-corrected chi connectivity index (χ2v) is 6.11. The molecule has 2 rings (SSSR count). The minimum atomic E-state index is -1.04. The highest BCUT2D eigenvalue weighted by Gasteiger charge is 2.11. The number of hydrogen-bond donors (Lipinski definition) is 5. The summed E-state index contributed by atoms with van der Waals surface area (Å²) in [6.45, 7) is 4.47. The van der Waals surface area contributed by atoms with Gasteiger partial charge in [-0.3, -0.25) is 14.6 Å². The zero-order valence-electron chi connectivity index (χ0n) is 18.0. The first-order valence-corrected chi connectivity index (χ1v) is 9.81. The Kier molecular flexibility index (Phi) is 10.8. The van der Waals surface area contributed by atoms with E-state index in [1.54, 1.807) is 37.4 Å². The number of rotatable bonds is 9. The van der Waals surface area contributed by atoms with Crippen LogP contribution in [-0.4, -0.2) is 36.0 Å². The molecule has 0 saturated heterocycles. The lowest BCUT2D eigenvalue weighted by molar-refractivity contribution is -0.135. The molecule has 0 bridgehead atoms. The molecule has 0 radical (unpaired) electrons. The van der Waals surface area contributed by atoms with Crippen LogP contribution in [0.1, 0.15) is 31.4 Å². The largest absolute Gasteiger partial charge is 0.481 e. The van der Waals surface area contributed by atoms with Crippen LogP contribution >= 0.6 is 0 Å². The Hall–Kier alpha value is -3.94. The van der Waals surface area contributed by atoms with E-state index in [1.165, 1.54) is 12.4 Å². The summed E-state index contributed by atoms with van der Waals surface area (Å²) in [4.78, 5) is 26.7. The number of carbonyl (C=O) groups is 2. The summed E-state index contributed by atoms with van der Waals surface area (Å²) in [5.74, 6) is -1.39. The number of aliphatic carboxylic acids is 1. The van der Waals surface area contributed by atoms with Gasteiger partial charge in [0.25, 0.3) is 5.91 Å². The summed E-state index contributed by atoms with van der Waals surface area (Å²) in [7, 11) is 1.56. The van der Waals surface area contributed by atoms with Crippen LogP contribution in [0.2, 0.25) is 0 Å². The lowest BCUT2D eigenvalue weighted by atomic mass is 10.0. The summed E-state index contributed by atoms with van der Waals surface area (Å²) in [6.07, 6.45) is 2.24. The quantitative estimate of drug-likeness (QED) is 0.309. The maximum Gasteiger partial charge on any atom is 0.309 e. The molecule has 0 spiro atoms. The molecule has 0 aliphatic rings. The number of carboxylic acids is 1. The van der Waals surface area contributed by atoms with Crippen LogP contribution in [0.3, 0.4) is 0 Å². The van der Waals surface area contributed by atoms with Crippen LogP contribution in [0.25, 0.3) is 0 Å². The molecule has 0 aliphatic heterocycles. The summed E-state index contributed by atoms with van der Waals surface area (Å²) in [5.41, 5.74) is 8.53. The van der Waals surface area contributed by atoms with Crippen LogP contribution in [-0.2, 0) is 16.1 Å². The zero-order valence-corrected chi connectivity index (χ0v) is 18.0. The van der Waals surface area contributed by atoms with Gasteiger partial charge < -0.3 is 26.9 Å². The molecule has 1 amide bonds. The number of nitrogens with zero attached hydrogens (tertiary/aromatic N) is 1. The van der Waals surface area contributed by atoms with E-state index in [1.807, 2.05) is 32.0 Å². The number of anilines is 2. The average molecular weight is 424 g/mol. The lowest BCUT2D eigenvalue weighted by Gasteiger charge is -2.13. The van der Waals surface area contributed by atoms with Crippen molar-refractivity contribution in [3.8, 4) is 0 Å². The first-order valence-electron chi connectivity index (χ1n) is 9.81. The minimum Gasteiger partial charge on any atom is -0.481 e. The minimum absolute atomic E-state index is 0.0399. The van der Waals surface area contributed by atoms with Gasteiger partial charge in [-0.2, -0.15) is 0 Å². The van der Waals surface area contributed by atoms with Crippen molar-refractivity contribution in [2.24, 2.45) is 10.7 Å². The standard InChI is InChI=1S/C21H23N5O3.C2H6/c1-24-13-15(11-22)21(29)26-16-8-6-14(7-9-16)12-25-19-5-3-2-4-17(19)18(23)10-20(27)28;1-2/h2-9,11,13,23,25H,10,12,22H2,1H3,(H,26,29)(H,27,28);1-2H3/b15-11+,23-18?,24-13?;. The van der Waals surface area contributed by atoms with Crippen molar-refractivity contribution in [2.45, 2.75) is 26.8 Å². The summed E-state index contributed by atoms with van der Waals surface area (Å²) in [6, 6.07) is 14.4. The number of nitrogens with two attached hydrogens (primary N) is 1. The van der Waals surface area contributed by atoms with Crippen molar-refractivity contribution in [1.82, 2.24) is 0 Å². The van der Waals surface area contributed by atoms with E-state index in [4.69, 9.17) is 16.2 Å². The number of nitrogens with one attached hydrogen (secondary N) is 3. The van der Waals surface area contributed by atoms with E-state index in [0.29, 0.717) is 23.5 Å². The number of amides is 1. The highest BCUT2D eigenvalue weighted by molar-refractivity contribution is 6.17. The van der Waals surface area contributed by atoms with Crippen molar-refractivity contribution < 1.29 is 14.7 Å². The molecule has 2 aromatic carbocycles. The fraction of sp³-hybridized carbons (Fsp3) is 0.217. The predicted octanol–water partition coefficient (Wildman–Crippen LogP) is 3.65. The highest BCUT2D eigenvalue weighted by Crippen LogP contribution is 2.19. The topological polar surface area (TPSA) is 141 Å². The van der Waals surface area contributed by atoms with Gasteiger partial charge >= 0.3 is 5.97 Å². The molecule has 2 aromatic rings. The molecule has 31 heavy (non-hydrogen) atoms. The molecule has 6 N–H and O–H groups in total. The second kappa shape index (κ2) is 13.3. The number of para-hydroxylation sites is 1. The van der Waals surface area contributed by atoms with E-state index in [2.05, 4.69) is 15.6 Å². The third kappa shape index (κ3) is 8.14. The maximum absolute atomic E-state index is 12.1. The smallest absolute Gasteiger partial charge is 0.309 e. The molecule has 0 aromatic heterocycles. The number of carbonyl (C=O) groups excluding carboxylic acids is 1. The molecular formula is C23H29N5O3. The van der Waals surface area contributed by atoms with Gasteiger partial charge in [0.05, 0.1) is 17.7 Å². The van der Waals surface area contributed by atoms with Crippen LogP contribution in [0.4, 0.5) is 11.4 Å². The Balaban J connectivity index is 0.00000233. The van der Waals surface area contributed by atoms with Gasteiger partial charge in [0.1, 0.15) is 0 Å². The molecule has 0 saturated carbocycles. The third-order valence-corrected chi connectivity index (χ3v) is 3.98. The van der Waals surface area contributed by atoms with Crippen LogP contribution < -0.4 is 16.4 Å². The fourth-order valence-electron chi connectivity index (χ4n) is 2.57. The van der Waals surface area contributed by atoms with E-state index in [0.717, 1.165) is 5.56 Å². The van der Waals surface area contributed by atoms with Crippen LogP contribution in [0.5, 0.6) is 0 Å². The van der Waals surface area contributed by atoms with Gasteiger partial charge in [0, 0.05) is 42.9 Å². The molecule has 8 nitrogen and oxygen atoms in total. The molecule has 164 valence electrons. The van der Waals surface area contributed by atoms with Gasteiger partial charge in [-0.1, -0.05) is 44.2 Å². The Labute approximate surface area is 182 Å². The Morgan fingerprint density at radius 2 is 1.77 bits per heavy atom. The normalized spacial score (nSPS) is 10.7. The molecule has 0 aliphatic carbocycles. The maximum atomic E-state index is 12.1. The molecule has 0 atom stereocenters. The average Bonchev–Trinajstić information content (AvgIpc) is 2.78. The molecule has 0 unspecified atom stereocenters. The molecule has 8 heteroatoms. The summed E-state index contributed by atoms with van der Waals surface area (Å²) in [5, 5.41) is 22.8. The summed E-state index contributed by atoms with van der Waals surface area (Å²) < 4.78 is 0. The Morgan fingerprint density at radius 1 is 1.13 bits per heavy atom. The van der Waals surface area contributed by atoms with Gasteiger partial charge in [0.15, 0.2) is 0 Å². The SMILES string of the molecule is CC.CN=C/C(=C\N)C(=O)Nc1ccc(CNc2ccccc2C(=N)CC(=O)O)cc1. The van der Waals surface area contributed by atoms with E-state index in [9.17, 15) is 9.59 Å². The molecule has 0 fully saturated rings. The zero-order chi connectivity index (χ0) is 23.2. The lowest BCUT2D eigenvalue weighted by Crippen LogP contribution is -2.16. The van der Waals surface area contributed by atoms with Crippen molar-refractivity contribution >= 4 is 35.2 Å². The summed E-state index contributed by atoms with van der Waals surface area (Å²) >= 11 is 0. The predicted molar refractivity (Wildman–Crippen MR) is 126 cm³/mol. The number of carboxylic acid groups (broad SMARTS) is 1. The van der Waals surface area contributed by atoms with E-state index in [-0.39, 0.29) is 23.6 Å². The van der Waals surface area contributed by atoms with Gasteiger partial charge in [0.2, 0.25) is 0 Å². The first kappa shape index (κ1) is 25.1. The Morgan fingerprint density at radius 3 is 2.35 bits per heavy atom. The van der Waals surface area contributed by atoms with Gasteiger partial charge in [-0.15, -0.1) is 0 Å². The Bertz CT molecular complexity index is 950. The van der Waals surface area contributed by atoms with Crippen molar-refractivity contribution in [2.75, 3.05) is 17.7 Å². The highest BCUT2D eigenvalue weighted by atomic mass is 16.4. The third-order valence-electron chi connectivity index (χ3n) is 3.98. The fourth-order valence-corrected chi connectivity index (χ4v) is 2.57. The van der Waals surface area contributed by atoms with Crippen molar-refractivity contribution in [3.63, 3.8) is 0 Å². The number of aliphatic imine (C=N–C) groups is 1. The number of benzene rings is 2. The molecule has 0 heterocycles. The van der Waals surface area contributed by atoms with Gasteiger partial charge in [-0.25, -0.2) is 0 Å². The first-order chi connectivity index (χ1) is 14.9. The monoisotopic (exact) mass is 423 g/mol. The van der Waals surface area contributed by atoms with E-state index >= 15 is 0 Å². The number of hydrogen-bond acceptors (Lipinski definition) is 6. The van der Waals surface area contributed by atoms with Crippen LogP contribution in [0, 0.1) is 5.41 Å².